The maximum absolute atomic E-state index is 11.3. The van der Waals surface area contributed by atoms with Gasteiger partial charge in [0, 0.05) is 19.1 Å². The van der Waals surface area contributed by atoms with Gasteiger partial charge in [-0.2, -0.15) is 4.98 Å². The third-order valence-electron chi connectivity index (χ3n) is 6.62. The van der Waals surface area contributed by atoms with Crippen LogP contribution in [0.1, 0.15) is 34.5 Å². The first-order chi connectivity index (χ1) is 17.8. The summed E-state index contributed by atoms with van der Waals surface area (Å²) < 4.78 is 0.989. The molecule has 2 aromatic carbocycles. The van der Waals surface area contributed by atoms with Gasteiger partial charge in [0.1, 0.15) is 16.9 Å². The van der Waals surface area contributed by atoms with E-state index in [0.717, 1.165) is 15.8 Å². The minimum absolute atomic E-state index is 0.181. The maximum Gasteiger partial charge on any atom is 0.335 e. The fourth-order valence-corrected chi connectivity index (χ4v) is 5.67. The number of hydrogen-bond acceptors (Lipinski definition) is 10. The summed E-state index contributed by atoms with van der Waals surface area (Å²) in [5.74, 6) is -0.899. The van der Waals surface area contributed by atoms with E-state index in [1.807, 2.05) is 31.2 Å². The molecule has 192 valence electrons. The van der Waals surface area contributed by atoms with Crippen LogP contribution in [0.15, 0.2) is 48.5 Å². The Morgan fingerprint density at radius 1 is 1.16 bits per heavy atom. The van der Waals surface area contributed by atoms with Crippen LogP contribution in [-0.4, -0.2) is 59.8 Å². The zero-order valence-corrected chi connectivity index (χ0v) is 20.9. The van der Waals surface area contributed by atoms with E-state index in [4.69, 9.17) is 4.98 Å². The van der Waals surface area contributed by atoms with E-state index in [2.05, 4.69) is 20.6 Å². The molecule has 0 radical (unpaired) electrons. The van der Waals surface area contributed by atoms with E-state index in [9.17, 15) is 25.2 Å². The van der Waals surface area contributed by atoms with Gasteiger partial charge in [0.25, 0.3) is 0 Å². The van der Waals surface area contributed by atoms with E-state index < -0.39 is 23.7 Å². The molecule has 1 aliphatic rings. The van der Waals surface area contributed by atoms with E-state index in [0.29, 0.717) is 28.5 Å². The van der Waals surface area contributed by atoms with Crippen molar-refractivity contribution in [2.24, 2.45) is 5.92 Å². The number of rotatable bonds is 8. The third-order valence-corrected chi connectivity index (χ3v) is 7.68. The minimum Gasteiger partial charge on any atom is -0.478 e. The fourth-order valence-electron chi connectivity index (χ4n) is 4.61. The Bertz CT molecular complexity index is 1430. The van der Waals surface area contributed by atoms with Crippen molar-refractivity contribution in [2.45, 2.75) is 38.1 Å². The first-order valence-corrected chi connectivity index (χ1v) is 12.7. The van der Waals surface area contributed by atoms with Crippen LogP contribution in [0.5, 0.6) is 0 Å². The van der Waals surface area contributed by atoms with Crippen LogP contribution in [-0.2, 0) is 6.54 Å². The molecule has 0 unspecified atom stereocenters. The Morgan fingerprint density at radius 2 is 1.97 bits per heavy atom. The van der Waals surface area contributed by atoms with Crippen molar-refractivity contribution < 1.29 is 25.2 Å². The van der Waals surface area contributed by atoms with Gasteiger partial charge in [-0.1, -0.05) is 24.3 Å². The van der Waals surface area contributed by atoms with Crippen molar-refractivity contribution >= 4 is 39.3 Å². The number of aromatic carboxylic acids is 1. The average molecular weight is 522 g/mol. The van der Waals surface area contributed by atoms with Gasteiger partial charge >= 0.3 is 5.97 Å². The molecule has 0 aliphatic heterocycles. The normalized spacial score (nSPS) is 21.3. The van der Waals surface area contributed by atoms with Gasteiger partial charge in [0.2, 0.25) is 5.95 Å². The Balaban J connectivity index is 1.52. The van der Waals surface area contributed by atoms with E-state index in [-0.39, 0.29) is 31.1 Å². The summed E-state index contributed by atoms with van der Waals surface area (Å²) in [4.78, 5) is 25.3. The molecule has 0 bridgehead atoms. The van der Waals surface area contributed by atoms with E-state index >= 15 is 0 Å². The lowest BCUT2D eigenvalue weighted by Gasteiger charge is -2.31. The summed E-state index contributed by atoms with van der Waals surface area (Å²) in [6.07, 6.45) is -0.509. The Morgan fingerprint density at radius 3 is 2.70 bits per heavy atom. The summed E-state index contributed by atoms with van der Waals surface area (Å²) in [6, 6.07) is 14.3. The SMILES string of the molecule is Cc1nc(NCc2cccc(C(=O)O)c2)nc(N[C@@]2(O)CC[C@H](CO)[C@H]2O)c1-c1nc2ccccc2s1. The van der Waals surface area contributed by atoms with Crippen LogP contribution < -0.4 is 10.6 Å². The second-order valence-electron chi connectivity index (χ2n) is 9.18. The number of carboxylic acids is 1. The van der Waals surface area contributed by atoms with Crippen LogP contribution in [0, 0.1) is 12.8 Å². The van der Waals surface area contributed by atoms with Crippen molar-refractivity contribution in [3.8, 4) is 10.6 Å². The predicted octanol–water partition coefficient (Wildman–Crippen LogP) is 3.24. The average Bonchev–Trinajstić information content (AvgIpc) is 3.43. The van der Waals surface area contributed by atoms with E-state index in [1.165, 1.54) is 17.4 Å². The number of carbonyl (C=O) groups is 1. The zero-order chi connectivity index (χ0) is 26.2. The largest absolute Gasteiger partial charge is 0.478 e. The van der Waals surface area contributed by atoms with Gasteiger partial charge in [-0.25, -0.2) is 14.8 Å². The summed E-state index contributed by atoms with van der Waals surface area (Å²) in [6.45, 7) is 1.86. The topological polar surface area (TPSA) is 161 Å². The molecule has 2 heterocycles. The number of para-hydroxylation sites is 1. The van der Waals surface area contributed by atoms with Crippen LogP contribution in [0.4, 0.5) is 11.8 Å². The molecule has 0 spiro atoms. The first-order valence-electron chi connectivity index (χ1n) is 11.9. The molecule has 10 nitrogen and oxygen atoms in total. The van der Waals surface area contributed by atoms with Crippen LogP contribution in [0.25, 0.3) is 20.8 Å². The number of aliphatic hydroxyl groups excluding tert-OH is 2. The number of fused-ring (bicyclic) bond motifs is 1. The Kier molecular flexibility index (Phi) is 6.78. The van der Waals surface area contributed by atoms with Crippen molar-refractivity contribution in [1.29, 1.82) is 0 Å². The van der Waals surface area contributed by atoms with Crippen LogP contribution in [0.2, 0.25) is 0 Å². The predicted molar refractivity (Wildman–Crippen MR) is 141 cm³/mol. The number of carboxylic acid groups (broad SMARTS) is 1. The quantitative estimate of drug-likeness (QED) is 0.190. The lowest BCUT2D eigenvalue weighted by Crippen LogP contribution is -2.48. The van der Waals surface area contributed by atoms with Gasteiger partial charge in [0.15, 0.2) is 5.72 Å². The van der Waals surface area contributed by atoms with Crippen molar-refractivity contribution in [3.05, 3.63) is 65.4 Å². The van der Waals surface area contributed by atoms with E-state index in [1.54, 1.807) is 18.2 Å². The summed E-state index contributed by atoms with van der Waals surface area (Å²) in [7, 11) is 0. The monoisotopic (exact) mass is 521 g/mol. The number of anilines is 2. The number of aliphatic hydroxyl groups is 3. The van der Waals surface area contributed by atoms with Gasteiger partial charge in [-0.15, -0.1) is 11.3 Å². The molecule has 6 N–H and O–H groups in total. The number of thiazole rings is 1. The molecular weight excluding hydrogens is 494 g/mol. The summed E-state index contributed by atoms with van der Waals surface area (Å²) in [5.41, 5.74) is 1.27. The maximum atomic E-state index is 11.3. The van der Waals surface area contributed by atoms with Crippen LogP contribution in [0.3, 0.4) is 0 Å². The van der Waals surface area contributed by atoms with Crippen molar-refractivity contribution in [2.75, 3.05) is 17.2 Å². The van der Waals surface area contributed by atoms with Gasteiger partial charge < -0.3 is 31.1 Å². The van der Waals surface area contributed by atoms with Gasteiger partial charge in [0.05, 0.1) is 27.0 Å². The molecular formula is C26H27N5O5S. The highest BCUT2D eigenvalue weighted by atomic mass is 32.1. The highest BCUT2D eigenvalue weighted by Gasteiger charge is 2.47. The molecule has 3 atom stereocenters. The van der Waals surface area contributed by atoms with Crippen LogP contribution >= 0.6 is 11.3 Å². The molecule has 5 rings (SSSR count). The molecule has 2 aromatic heterocycles. The number of nitrogens with one attached hydrogen (secondary N) is 2. The molecule has 0 saturated heterocycles. The highest BCUT2D eigenvalue weighted by Crippen LogP contribution is 2.40. The molecule has 4 aromatic rings. The second kappa shape index (κ2) is 10.0. The lowest BCUT2D eigenvalue weighted by atomic mass is 10.0. The smallest absolute Gasteiger partial charge is 0.335 e. The second-order valence-corrected chi connectivity index (χ2v) is 10.2. The molecule has 1 saturated carbocycles. The molecule has 37 heavy (non-hydrogen) atoms. The van der Waals surface area contributed by atoms with Crippen molar-refractivity contribution in [3.63, 3.8) is 0 Å². The number of aromatic nitrogens is 3. The first kappa shape index (κ1) is 25.0. The third kappa shape index (κ3) is 4.98. The summed E-state index contributed by atoms with van der Waals surface area (Å²) >= 11 is 1.47. The highest BCUT2D eigenvalue weighted by molar-refractivity contribution is 7.21. The molecule has 0 amide bonds. The molecule has 11 heteroatoms. The number of aryl methyl sites for hydroxylation is 1. The Labute approximate surface area is 216 Å². The minimum atomic E-state index is -1.69. The lowest BCUT2D eigenvalue weighted by molar-refractivity contribution is -0.0545. The zero-order valence-electron chi connectivity index (χ0n) is 20.0. The fraction of sp³-hybridized carbons (Fsp3) is 0.308. The Hall–Kier alpha value is -3.64. The molecule has 1 aliphatic carbocycles. The van der Waals surface area contributed by atoms with Gasteiger partial charge in [-0.3, -0.25) is 0 Å². The van der Waals surface area contributed by atoms with Gasteiger partial charge in [-0.05, 0) is 49.6 Å². The molecule has 1 fully saturated rings. The number of hydrogen-bond donors (Lipinski definition) is 6. The summed E-state index contributed by atoms with van der Waals surface area (Å²) in [5, 5.41) is 47.7. The van der Waals surface area contributed by atoms with Crippen molar-refractivity contribution in [1.82, 2.24) is 15.0 Å². The number of nitrogens with zero attached hydrogens (tertiary/aromatic N) is 3. The standard InChI is InChI=1S/C26H27N5O5S/c1-14-20(23-29-18-7-2-3-8-19(18)37-23)22(31-26(36)10-9-17(13-32)21(26)33)30-25(28-14)27-12-15-5-4-6-16(11-15)24(34)35/h2-8,11,17,21,32-33,36H,9-10,12-13H2,1H3,(H,34,35)(H2,27,28,30,31)/t17-,21-,26-/m1/s1. The number of benzene rings is 2.